The number of anilines is 2. The Kier molecular flexibility index (Phi) is 14.5. The fraction of sp³-hybridized carbons (Fsp3) is 0.467. The third-order valence-corrected chi connectivity index (χ3v) is 5.67. The van der Waals surface area contributed by atoms with Gasteiger partial charge in [0.1, 0.15) is 44.3 Å². The summed E-state index contributed by atoms with van der Waals surface area (Å²) >= 11 is 0. The van der Waals surface area contributed by atoms with Crippen LogP contribution in [0.1, 0.15) is 33.3 Å². The molecule has 0 aromatic heterocycles. The largest absolute Gasteiger partial charge is 0.497 e. The van der Waals surface area contributed by atoms with Gasteiger partial charge in [-0.2, -0.15) is 0 Å². The maximum absolute atomic E-state index is 12.6. The molecule has 0 aliphatic carbocycles. The van der Waals surface area contributed by atoms with Crippen molar-refractivity contribution < 1.29 is 47.6 Å². The molecule has 0 spiro atoms. The van der Waals surface area contributed by atoms with Gasteiger partial charge >= 0.3 is 23.9 Å². The molecule has 0 aliphatic rings. The molecule has 42 heavy (non-hydrogen) atoms. The first-order valence-electron chi connectivity index (χ1n) is 13.8. The molecule has 0 heterocycles. The van der Waals surface area contributed by atoms with E-state index in [-0.39, 0.29) is 59.2 Å². The number of benzene rings is 2. The Morgan fingerprint density at radius 2 is 1.07 bits per heavy atom. The van der Waals surface area contributed by atoms with Crippen LogP contribution in [0, 0.1) is 0 Å². The second kappa shape index (κ2) is 18.1. The lowest BCUT2D eigenvalue weighted by Crippen LogP contribution is -2.40. The molecule has 0 aliphatic heterocycles. The Hall–Kier alpha value is -4.48. The van der Waals surface area contributed by atoms with Crippen molar-refractivity contribution in [2.45, 2.75) is 34.3 Å². The third kappa shape index (κ3) is 11.2. The highest BCUT2D eigenvalue weighted by molar-refractivity contribution is 5.89. The highest BCUT2D eigenvalue weighted by atomic mass is 16.5. The lowest BCUT2D eigenvalue weighted by atomic mass is 10.2. The van der Waals surface area contributed by atoms with Gasteiger partial charge < -0.3 is 38.2 Å². The number of rotatable bonds is 18. The molecule has 230 valence electrons. The highest BCUT2D eigenvalue weighted by Crippen LogP contribution is 2.34. The normalized spacial score (nSPS) is 10.3. The Morgan fingerprint density at radius 3 is 1.52 bits per heavy atom. The molecule has 0 fully saturated rings. The summed E-state index contributed by atoms with van der Waals surface area (Å²) in [6, 6.07) is 12.3. The lowest BCUT2D eigenvalue weighted by Gasteiger charge is -2.31. The summed E-state index contributed by atoms with van der Waals surface area (Å²) in [7, 11) is 1.57. The molecule has 0 atom stereocenters. The zero-order valence-electron chi connectivity index (χ0n) is 24.9. The molecule has 0 saturated heterocycles. The van der Waals surface area contributed by atoms with Crippen LogP contribution in [0.4, 0.5) is 11.4 Å². The number of hydrogen-bond donors (Lipinski definition) is 0. The molecule has 12 nitrogen and oxygen atoms in total. The third-order valence-electron chi connectivity index (χ3n) is 5.67. The number of esters is 4. The highest BCUT2D eigenvalue weighted by Gasteiger charge is 2.26. The minimum Gasteiger partial charge on any atom is -0.497 e. The van der Waals surface area contributed by atoms with E-state index in [1.54, 1.807) is 53.0 Å². The standard InChI is InChI=1S/C30H40N2O10/c1-6-38-27(33)17-31(18-28(34)39-7-2)25-14-13-24(42-21-22-11-10-12-23(15-22)37-5)16-26(25)32(19-29(35)40-8-3)20-30(36)41-9-4/h10-16H,6-9,17-21H2,1-5H3. The summed E-state index contributed by atoms with van der Waals surface area (Å²) in [5, 5.41) is 0. The predicted molar refractivity (Wildman–Crippen MR) is 155 cm³/mol. The zero-order chi connectivity index (χ0) is 30.9. The van der Waals surface area contributed by atoms with Crippen molar-refractivity contribution in [3.63, 3.8) is 0 Å². The second-order valence-corrected chi connectivity index (χ2v) is 8.72. The summed E-state index contributed by atoms with van der Waals surface area (Å²) in [5.41, 5.74) is 1.53. The van der Waals surface area contributed by atoms with Crippen molar-refractivity contribution >= 4 is 35.3 Å². The van der Waals surface area contributed by atoms with E-state index < -0.39 is 23.9 Å². The average Bonchev–Trinajstić information content (AvgIpc) is 2.96. The Morgan fingerprint density at radius 1 is 0.595 bits per heavy atom. The summed E-state index contributed by atoms with van der Waals surface area (Å²) in [4.78, 5) is 53.2. The molecule has 2 aromatic carbocycles. The molecule has 2 rings (SSSR count). The van der Waals surface area contributed by atoms with Crippen molar-refractivity contribution in [3.8, 4) is 11.5 Å². The number of hydrogen-bond acceptors (Lipinski definition) is 12. The van der Waals surface area contributed by atoms with Gasteiger partial charge in [0.2, 0.25) is 0 Å². The second-order valence-electron chi connectivity index (χ2n) is 8.72. The van der Waals surface area contributed by atoms with E-state index in [1.807, 2.05) is 24.3 Å². The number of nitrogens with zero attached hydrogens (tertiary/aromatic N) is 2. The topological polar surface area (TPSA) is 130 Å². The van der Waals surface area contributed by atoms with Crippen LogP contribution < -0.4 is 19.3 Å². The number of ether oxygens (including phenoxy) is 6. The first-order chi connectivity index (χ1) is 20.2. The van der Waals surface area contributed by atoms with Crippen LogP contribution in [-0.4, -0.2) is 83.6 Å². The SMILES string of the molecule is CCOC(=O)CN(CC(=O)OCC)c1ccc(OCc2cccc(OC)c2)cc1N(CC(=O)OCC)CC(=O)OCC. The molecule has 0 N–H and O–H groups in total. The fourth-order valence-electron chi connectivity index (χ4n) is 3.94. The average molecular weight is 589 g/mol. The van der Waals surface area contributed by atoms with Crippen LogP contribution in [0.15, 0.2) is 42.5 Å². The van der Waals surface area contributed by atoms with E-state index in [2.05, 4.69) is 0 Å². The van der Waals surface area contributed by atoms with E-state index in [0.717, 1.165) is 5.56 Å². The molecule has 0 radical (unpaired) electrons. The fourth-order valence-corrected chi connectivity index (χ4v) is 3.94. The molecule has 12 heteroatoms. The van der Waals surface area contributed by atoms with Gasteiger partial charge in [-0.15, -0.1) is 0 Å². The Balaban J connectivity index is 2.59. The van der Waals surface area contributed by atoms with Gasteiger partial charge in [-0.25, -0.2) is 0 Å². The van der Waals surface area contributed by atoms with Crippen molar-refractivity contribution in [2.24, 2.45) is 0 Å². The summed E-state index contributed by atoms with van der Waals surface area (Å²) in [6.45, 7) is 6.24. The van der Waals surface area contributed by atoms with Gasteiger partial charge in [0.05, 0.1) is 44.9 Å². The van der Waals surface area contributed by atoms with Crippen molar-refractivity contribution in [2.75, 3.05) is 69.5 Å². The molecule has 0 saturated carbocycles. The quantitative estimate of drug-likeness (QED) is 0.187. The first-order valence-corrected chi connectivity index (χ1v) is 13.8. The van der Waals surface area contributed by atoms with Crippen molar-refractivity contribution in [1.29, 1.82) is 0 Å². The van der Waals surface area contributed by atoms with Crippen molar-refractivity contribution in [3.05, 3.63) is 48.0 Å². The summed E-state index contributed by atoms with van der Waals surface area (Å²) < 4.78 is 31.9. The summed E-state index contributed by atoms with van der Waals surface area (Å²) in [6.07, 6.45) is 0. The zero-order valence-corrected chi connectivity index (χ0v) is 24.9. The monoisotopic (exact) mass is 588 g/mol. The summed E-state index contributed by atoms with van der Waals surface area (Å²) in [5.74, 6) is -1.24. The maximum atomic E-state index is 12.6. The van der Waals surface area contributed by atoms with E-state index in [1.165, 1.54) is 9.80 Å². The van der Waals surface area contributed by atoms with E-state index in [4.69, 9.17) is 28.4 Å². The van der Waals surface area contributed by atoms with Gasteiger partial charge in [-0.1, -0.05) is 12.1 Å². The Labute approximate surface area is 246 Å². The minimum atomic E-state index is -0.585. The Bertz CT molecular complexity index is 1150. The smallest absolute Gasteiger partial charge is 0.325 e. The van der Waals surface area contributed by atoms with E-state index >= 15 is 0 Å². The number of carbonyl (C=O) groups is 4. The lowest BCUT2D eigenvalue weighted by molar-refractivity contribution is -0.144. The van der Waals surface area contributed by atoms with Gasteiger partial charge in [-0.05, 0) is 57.5 Å². The number of carbonyl (C=O) groups excluding carboxylic acids is 4. The molecule has 0 bridgehead atoms. The van der Waals surface area contributed by atoms with Crippen LogP contribution in [-0.2, 0) is 44.7 Å². The molecule has 2 aromatic rings. The van der Waals surface area contributed by atoms with Crippen LogP contribution >= 0.6 is 0 Å². The van der Waals surface area contributed by atoms with Gasteiger partial charge in [-0.3, -0.25) is 19.2 Å². The molecular formula is C30H40N2O10. The first kappa shape index (κ1) is 33.7. The molecule has 0 amide bonds. The van der Waals surface area contributed by atoms with Crippen molar-refractivity contribution in [1.82, 2.24) is 0 Å². The predicted octanol–water partition coefficient (Wildman–Crippen LogP) is 3.14. The van der Waals surface area contributed by atoms with Gasteiger partial charge in [0.15, 0.2) is 0 Å². The molecular weight excluding hydrogens is 548 g/mol. The minimum absolute atomic E-state index is 0.139. The van der Waals surface area contributed by atoms with E-state index in [9.17, 15) is 19.2 Å². The van der Waals surface area contributed by atoms with Crippen LogP contribution in [0.3, 0.4) is 0 Å². The van der Waals surface area contributed by atoms with Gasteiger partial charge in [0, 0.05) is 6.07 Å². The van der Waals surface area contributed by atoms with Crippen LogP contribution in [0.2, 0.25) is 0 Å². The number of methoxy groups -OCH3 is 1. The maximum Gasteiger partial charge on any atom is 0.325 e. The molecule has 0 unspecified atom stereocenters. The van der Waals surface area contributed by atoms with Gasteiger partial charge in [0.25, 0.3) is 0 Å². The van der Waals surface area contributed by atoms with Crippen LogP contribution in [0.25, 0.3) is 0 Å². The van der Waals surface area contributed by atoms with Crippen LogP contribution in [0.5, 0.6) is 11.5 Å². The van der Waals surface area contributed by atoms with E-state index in [0.29, 0.717) is 22.9 Å².